The van der Waals surface area contributed by atoms with E-state index in [0.717, 1.165) is 25.2 Å². The molecule has 0 saturated carbocycles. The van der Waals surface area contributed by atoms with Crippen molar-refractivity contribution in [2.24, 2.45) is 5.92 Å². The average molecular weight is 325 g/mol. The summed E-state index contributed by atoms with van der Waals surface area (Å²) in [6.07, 6.45) is 2.66. The van der Waals surface area contributed by atoms with Crippen molar-refractivity contribution in [3.8, 4) is 5.75 Å². The Morgan fingerprint density at radius 2 is 2.32 bits per heavy atom. The Balaban J connectivity index is 1.86. The first-order valence-corrected chi connectivity index (χ1v) is 8.32. The summed E-state index contributed by atoms with van der Waals surface area (Å²) in [5.41, 5.74) is 0.753. The van der Waals surface area contributed by atoms with Crippen LogP contribution in [0.1, 0.15) is 25.3 Å². The van der Waals surface area contributed by atoms with Gasteiger partial charge in [-0.2, -0.15) is 0 Å². The molecule has 2 rings (SSSR count). The third-order valence-corrected chi connectivity index (χ3v) is 4.63. The third-order valence-electron chi connectivity index (χ3n) is 4.27. The minimum Gasteiger partial charge on any atom is -0.496 e. The second-order valence-corrected chi connectivity index (χ2v) is 6.21. The maximum absolute atomic E-state index is 12.2. The molecule has 1 fully saturated rings. The van der Waals surface area contributed by atoms with Crippen molar-refractivity contribution in [1.82, 2.24) is 10.2 Å². The highest BCUT2D eigenvalue weighted by atomic mass is 35.5. The number of methoxy groups -OCH3 is 1. The van der Waals surface area contributed by atoms with Crippen molar-refractivity contribution in [3.63, 3.8) is 0 Å². The zero-order valence-electron chi connectivity index (χ0n) is 13.4. The lowest BCUT2D eigenvalue weighted by Crippen LogP contribution is -2.41. The van der Waals surface area contributed by atoms with Gasteiger partial charge >= 0.3 is 0 Å². The van der Waals surface area contributed by atoms with Gasteiger partial charge in [0.15, 0.2) is 0 Å². The second-order valence-electron chi connectivity index (χ2n) is 5.80. The molecule has 0 radical (unpaired) electrons. The van der Waals surface area contributed by atoms with Gasteiger partial charge < -0.3 is 15.0 Å². The van der Waals surface area contributed by atoms with E-state index in [1.807, 2.05) is 12.1 Å². The molecule has 122 valence electrons. The molecule has 1 aromatic rings. The fourth-order valence-electron chi connectivity index (χ4n) is 2.99. The SMILES string of the molecule is CCN1CCCC(CNC(=O)Cc2c(Cl)cccc2OC)C1. The van der Waals surface area contributed by atoms with Crippen LogP contribution >= 0.6 is 11.6 Å². The van der Waals surface area contributed by atoms with Crippen LogP contribution in [0.4, 0.5) is 0 Å². The van der Waals surface area contributed by atoms with Crippen molar-refractivity contribution in [2.45, 2.75) is 26.2 Å². The molecule has 1 aliphatic heterocycles. The molecule has 0 aliphatic carbocycles. The average Bonchev–Trinajstić information content (AvgIpc) is 2.55. The molecule has 0 bridgehead atoms. The Hall–Kier alpha value is -1.26. The van der Waals surface area contributed by atoms with Gasteiger partial charge in [0.05, 0.1) is 13.5 Å². The monoisotopic (exact) mass is 324 g/mol. The van der Waals surface area contributed by atoms with Crippen LogP contribution in [0.2, 0.25) is 5.02 Å². The van der Waals surface area contributed by atoms with E-state index >= 15 is 0 Å². The number of nitrogens with zero attached hydrogens (tertiary/aromatic N) is 1. The zero-order chi connectivity index (χ0) is 15.9. The lowest BCUT2D eigenvalue weighted by atomic mass is 9.98. The standard InChI is InChI=1S/C17H25ClN2O2/c1-3-20-9-5-6-13(12-20)11-19-17(21)10-14-15(18)7-4-8-16(14)22-2/h4,7-8,13H,3,5-6,9-12H2,1-2H3,(H,19,21). The van der Waals surface area contributed by atoms with E-state index in [1.54, 1.807) is 13.2 Å². The lowest BCUT2D eigenvalue weighted by Gasteiger charge is -2.31. The molecule has 1 unspecified atom stereocenters. The Morgan fingerprint density at radius 1 is 1.50 bits per heavy atom. The van der Waals surface area contributed by atoms with Crippen LogP contribution in [0.5, 0.6) is 5.75 Å². The van der Waals surface area contributed by atoms with Gasteiger partial charge in [-0.05, 0) is 44.0 Å². The predicted molar refractivity (Wildman–Crippen MR) is 89.6 cm³/mol. The molecular weight excluding hydrogens is 300 g/mol. The zero-order valence-corrected chi connectivity index (χ0v) is 14.2. The van der Waals surface area contributed by atoms with Crippen LogP contribution in [-0.2, 0) is 11.2 Å². The topological polar surface area (TPSA) is 41.6 Å². The Morgan fingerprint density at radius 3 is 3.05 bits per heavy atom. The van der Waals surface area contributed by atoms with Gasteiger partial charge in [0.25, 0.3) is 0 Å². The van der Waals surface area contributed by atoms with E-state index in [0.29, 0.717) is 16.7 Å². The highest BCUT2D eigenvalue weighted by molar-refractivity contribution is 6.31. The second kappa shape index (κ2) is 8.39. The first-order valence-electron chi connectivity index (χ1n) is 7.94. The number of rotatable bonds is 6. The number of halogens is 1. The summed E-state index contributed by atoms with van der Waals surface area (Å²) in [6.45, 7) is 6.26. The minimum atomic E-state index is 0.0000203. The molecule has 0 spiro atoms. The largest absolute Gasteiger partial charge is 0.496 e. The van der Waals surface area contributed by atoms with Crippen LogP contribution < -0.4 is 10.1 Å². The number of carbonyl (C=O) groups excluding carboxylic acids is 1. The first-order chi connectivity index (χ1) is 10.6. The molecular formula is C17H25ClN2O2. The quantitative estimate of drug-likeness (QED) is 0.875. The number of ether oxygens (including phenoxy) is 1. The summed E-state index contributed by atoms with van der Waals surface area (Å²) >= 11 is 6.17. The number of carbonyl (C=O) groups is 1. The van der Waals surface area contributed by atoms with Crippen LogP contribution in [0.15, 0.2) is 18.2 Å². The highest BCUT2D eigenvalue weighted by Gasteiger charge is 2.19. The molecule has 1 heterocycles. The normalized spacial score (nSPS) is 19.0. The summed E-state index contributed by atoms with van der Waals surface area (Å²) in [5.74, 6) is 1.21. The summed E-state index contributed by atoms with van der Waals surface area (Å²) in [7, 11) is 1.59. The molecule has 1 saturated heterocycles. The molecule has 4 nitrogen and oxygen atoms in total. The van der Waals surface area contributed by atoms with E-state index in [-0.39, 0.29) is 12.3 Å². The first kappa shape index (κ1) is 17.1. The van der Waals surface area contributed by atoms with Crippen molar-refractivity contribution >= 4 is 17.5 Å². The Kier molecular flexibility index (Phi) is 6.52. The van der Waals surface area contributed by atoms with Crippen LogP contribution in [0.25, 0.3) is 0 Å². The maximum atomic E-state index is 12.2. The van der Waals surface area contributed by atoms with Crippen LogP contribution in [-0.4, -0.2) is 44.1 Å². The fourth-order valence-corrected chi connectivity index (χ4v) is 3.22. The number of nitrogens with one attached hydrogen (secondary N) is 1. The minimum absolute atomic E-state index is 0.0000203. The Bertz CT molecular complexity index is 507. The van der Waals surface area contributed by atoms with Crippen LogP contribution in [0.3, 0.4) is 0 Å². The fraction of sp³-hybridized carbons (Fsp3) is 0.588. The number of likely N-dealkylation sites (tertiary alicyclic amines) is 1. The number of benzene rings is 1. The van der Waals surface area contributed by atoms with E-state index in [4.69, 9.17) is 16.3 Å². The maximum Gasteiger partial charge on any atom is 0.224 e. The summed E-state index contributed by atoms with van der Waals surface area (Å²) in [4.78, 5) is 14.6. The predicted octanol–water partition coefficient (Wildman–Crippen LogP) is 2.74. The number of amides is 1. The molecule has 1 aromatic carbocycles. The van der Waals surface area contributed by atoms with Gasteiger partial charge in [-0.25, -0.2) is 0 Å². The van der Waals surface area contributed by atoms with E-state index in [2.05, 4.69) is 17.1 Å². The Labute approximate surface area is 137 Å². The highest BCUT2D eigenvalue weighted by Crippen LogP contribution is 2.26. The summed E-state index contributed by atoms with van der Waals surface area (Å²) in [6, 6.07) is 5.44. The summed E-state index contributed by atoms with van der Waals surface area (Å²) < 4.78 is 5.28. The van der Waals surface area contributed by atoms with Gasteiger partial charge in [-0.3, -0.25) is 4.79 Å². The van der Waals surface area contributed by atoms with Gasteiger partial charge in [0, 0.05) is 23.7 Å². The number of hydrogen-bond acceptors (Lipinski definition) is 3. The van der Waals surface area contributed by atoms with Gasteiger partial charge in [0.1, 0.15) is 5.75 Å². The van der Waals surface area contributed by atoms with E-state index in [9.17, 15) is 4.79 Å². The molecule has 1 atom stereocenters. The van der Waals surface area contributed by atoms with Gasteiger partial charge in [0.2, 0.25) is 5.91 Å². The van der Waals surface area contributed by atoms with Crippen molar-refractivity contribution in [3.05, 3.63) is 28.8 Å². The number of piperidine rings is 1. The molecule has 1 N–H and O–H groups in total. The molecule has 22 heavy (non-hydrogen) atoms. The van der Waals surface area contributed by atoms with E-state index in [1.165, 1.54) is 19.4 Å². The molecule has 5 heteroatoms. The molecule has 1 amide bonds. The van der Waals surface area contributed by atoms with Crippen molar-refractivity contribution in [1.29, 1.82) is 0 Å². The van der Waals surface area contributed by atoms with Crippen molar-refractivity contribution in [2.75, 3.05) is 33.3 Å². The van der Waals surface area contributed by atoms with Gasteiger partial charge in [-0.15, -0.1) is 0 Å². The number of hydrogen-bond donors (Lipinski definition) is 1. The smallest absolute Gasteiger partial charge is 0.224 e. The summed E-state index contributed by atoms with van der Waals surface area (Å²) in [5, 5.41) is 3.62. The van der Waals surface area contributed by atoms with E-state index < -0.39 is 0 Å². The lowest BCUT2D eigenvalue weighted by molar-refractivity contribution is -0.120. The van der Waals surface area contributed by atoms with Gasteiger partial charge in [-0.1, -0.05) is 24.6 Å². The van der Waals surface area contributed by atoms with Crippen LogP contribution in [0, 0.1) is 5.92 Å². The third kappa shape index (κ3) is 4.62. The molecule has 0 aromatic heterocycles. The molecule has 1 aliphatic rings. The van der Waals surface area contributed by atoms with Crippen molar-refractivity contribution < 1.29 is 9.53 Å².